The van der Waals surface area contributed by atoms with E-state index in [1.165, 1.54) is 0 Å². The summed E-state index contributed by atoms with van der Waals surface area (Å²) in [5, 5.41) is 0. The van der Waals surface area contributed by atoms with Crippen molar-refractivity contribution in [1.29, 1.82) is 0 Å². The van der Waals surface area contributed by atoms with E-state index in [0.29, 0.717) is 11.6 Å². The van der Waals surface area contributed by atoms with Crippen LogP contribution in [0.4, 0.5) is 5.69 Å². The van der Waals surface area contributed by atoms with Gasteiger partial charge in [-0.15, -0.1) is 0 Å². The molecule has 0 radical (unpaired) electrons. The highest BCUT2D eigenvalue weighted by atomic mass is 79.9. The van der Waals surface area contributed by atoms with Crippen LogP contribution in [0.2, 0.25) is 0 Å². The zero-order valence-electron chi connectivity index (χ0n) is 11.5. The highest BCUT2D eigenvalue weighted by molar-refractivity contribution is 9.10. The van der Waals surface area contributed by atoms with Crippen molar-refractivity contribution < 1.29 is 4.79 Å². The first-order chi connectivity index (χ1) is 8.49. The first kappa shape index (κ1) is 15.2. The number of benzene rings is 1. The molecule has 18 heavy (non-hydrogen) atoms. The van der Waals surface area contributed by atoms with Gasteiger partial charge >= 0.3 is 0 Å². The maximum Gasteiger partial charge on any atom is 0.150 e. The average Bonchev–Trinajstić information content (AvgIpc) is 2.31. The fourth-order valence-electron chi connectivity index (χ4n) is 2.18. The Hall–Kier alpha value is -0.870. The van der Waals surface area contributed by atoms with E-state index < -0.39 is 0 Å². The monoisotopic (exact) mass is 312 g/mol. The van der Waals surface area contributed by atoms with Crippen LogP contribution in [0, 0.1) is 0 Å². The quantitative estimate of drug-likeness (QED) is 0.754. The van der Waals surface area contributed by atoms with Crippen LogP contribution >= 0.6 is 15.9 Å². The van der Waals surface area contributed by atoms with Gasteiger partial charge in [-0.3, -0.25) is 4.79 Å². The van der Waals surface area contributed by atoms with Gasteiger partial charge in [-0.1, -0.05) is 0 Å². The van der Waals surface area contributed by atoms with Crippen molar-refractivity contribution in [2.75, 3.05) is 32.1 Å². The molecule has 0 aromatic heterocycles. The fraction of sp³-hybridized carbons (Fsp3) is 0.500. The molecule has 0 spiro atoms. The van der Waals surface area contributed by atoms with Gasteiger partial charge in [0.15, 0.2) is 0 Å². The van der Waals surface area contributed by atoms with Crippen molar-refractivity contribution in [3.63, 3.8) is 0 Å². The Balaban J connectivity index is 2.97. The van der Waals surface area contributed by atoms with Crippen LogP contribution in [-0.2, 0) is 0 Å². The van der Waals surface area contributed by atoms with Crippen molar-refractivity contribution in [3.05, 3.63) is 28.2 Å². The largest absolute Gasteiger partial charge is 0.367 e. The highest BCUT2D eigenvalue weighted by Crippen LogP contribution is 2.28. The molecule has 0 aliphatic carbocycles. The van der Waals surface area contributed by atoms with E-state index >= 15 is 0 Å². The third-order valence-corrected chi connectivity index (χ3v) is 3.55. The smallest absolute Gasteiger partial charge is 0.150 e. The van der Waals surface area contributed by atoms with E-state index in [4.69, 9.17) is 0 Å². The van der Waals surface area contributed by atoms with Crippen molar-refractivity contribution in [1.82, 2.24) is 4.90 Å². The predicted octanol–water partition coefficient (Wildman–Crippen LogP) is 3.04. The second-order valence-corrected chi connectivity index (χ2v) is 5.58. The standard InChI is InChI=1S/C14H21BrN2O/c1-5-17(11(2)9-16(3)4)14-7-6-12(10-18)8-13(14)15/h6-8,10-11H,5,9H2,1-4H3. The number of aldehydes is 1. The number of nitrogens with zero attached hydrogens (tertiary/aromatic N) is 2. The summed E-state index contributed by atoms with van der Waals surface area (Å²) in [6, 6.07) is 6.15. The van der Waals surface area contributed by atoms with Crippen LogP contribution < -0.4 is 4.90 Å². The maximum absolute atomic E-state index is 10.7. The average molecular weight is 313 g/mol. The molecule has 1 aromatic carbocycles. The van der Waals surface area contributed by atoms with Gasteiger partial charge in [0.25, 0.3) is 0 Å². The molecule has 0 aliphatic heterocycles. The SMILES string of the molecule is CCN(c1ccc(C=O)cc1Br)C(C)CN(C)C. The van der Waals surface area contributed by atoms with E-state index in [1.54, 1.807) is 0 Å². The Kier molecular flexibility index (Phi) is 5.82. The Bertz CT molecular complexity index is 407. The lowest BCUT2D eigenvalue weighted by Gasteiger charge is -2.32. The van der Waals surface area contributed by atoms with Crippen LogP contribution in [0.1, 0.15) is 24.2 Å². The summed E-state index contributed by atoms with van der Waals surface area (Å²) >= 11 is 3.55. The van der Waals surface area contributed by atoms with Gasteiger partial charge in [-0.05, 0) is 62.1 Å². The van der Waals surface area contributed by atoms with Crippen molar-refractivity contribution in [3.8, 4) is 0 Å². The number of carbonyl (C=O) groups excluding carboxylic acids is 1. The van der Waals surface area contributed by atoms with Crippen molar-refractivity contribution >= 4 is 27.9 Å². The van der Waals surface area contributed by atoms with Crippen LogP contribution in [0.25, 0.3) is 0 Å². The molecule has 0 N–H and O–H groups in total. The molecular weight excluding hydrogens is 292 g/mol. The van der Waals surface area contributed by atoms with Gasteiger partial charge in [0.1, 0.15) is 6.29 Å². The molecule has 0 amide bonds. The zero-order chi connectivity index (χ0) is 13.7. The van der Waals surface area contributed by atoms with E-state index in [-0.39, 0.29) is 0 Å². The Labute approximate surface area is 118 Å². The first-order valence-corrected chi connectivity index (χ1v) is 6.95. The Morgan fingerprint density at radius 2 is 2.06 bits per heavy atom. The number of anilines is 1. The molecule has 1 atom stereocenters. The Morgan fingerprint density at radius 1 is 1.39 bits per heavy atom. The summed E-state index contributed by atoms with van der Waals surface area (Å²) in [6.07, 6.45) is 0.869. The molecule has 3 nitrogen and oxygen atoms in total. The summed E-state index contributed by atoms with van der Waals surface area (Å²) < 4.78 is 0.972. The van der Waals surface area contributed by atoms with Crippen molar-refractivity contribution in [2.45, 2.75) is 19.9 Å². The fourth-order valence-corrected chi connectivity index (χ4v) is 2.80. The van der Waals surface area contributed by atoms with Crippen LogP contribution in [0.15, 0.2) is 22.7 Å². The number of hydrogen-bond donors (Lipinski definition) is 0. The Morgan fingerprint density at radius 3 is 2.50 bits per heavy atom. The van der Waals surface area contributed by atoms with Crippen LogP contribution in [0.5, 0.6) is 0 Å². The number of carbonyl (C=O) groups is 1. The minimum absolute atomic E-state index is 0.420. The normalized spacial score (nSPS) is 12.6. The molecular formula is C14H21BrN2O. The third kappa shape index (κ3) is 3.82. The molecule has 0 aliphatic rings. The summed E-state index contributed by atoms with van der Waals surface area (Å²) in [6.45, 7) is 6.29. The second kappa shape index (κ2) is 6.90. The lowest BCUT2D eigenvalue weighted by molar-refractivity contribution is 0.112. The topological polar surface area (TPSA) is 23.6 Å². The van der Waals surface area contributed by atoms with E-state index in [2.05, 4.69) is 53.7 Å². The number of halogens is 1. The first-order valence-electron chi connectivity index (χ1n) is 6.15. The third-order valence-electron chi connectivity index (χ3n) is 2.92. The lowest BCUT2D eigenvalue weighted by atomic mass is 10.1. The minimum atomic E-state index is 0.420. The van der Waals surface area contributed by atoms with Gasteiger partial charge in [0.05, 0.1) is 5.69 Å². The molecule has 1 rings (SSSR count). The number of hydrogen-bond acceptors (Lipinski definition) is 3. The maximum atomic E-state index is 10.7. The minimum Gasteiger partial charge on any atom is -0.367 e. The van der Waals surface area contributed by atoms with E-state index in [0.717, 1.165) is 29.5 Å². The van der Waals surface area contributed by atoms with E-state index in [1.807, 2.05) is 18.2 Å². The molecule has 0 heterocycles. The van der Waals surface area contributed by atoms with Crippen molar-refractivity contribution in [2.24, 2.45) is 0 Å². The predicted molar refractivity (Wildman–Crippen MR) is 80.6 cm³/mol. The number of rotatable bonds is 6. The zero-order valence-corrected chi connectivity index (χ0v) is 13.1. The molecule has 0 fully saturated rings. The summed E-state index contributed by atoms with van der Waals surface area (Å²) in [7, 11) is 4.16. The molecule has 4 heteroatoms. The molecule has 0 bridgehead atoms. The lowest BCUT2D eigenvalue weighted by Crippen LogP contribution is -2.40. The molecule has 0 saturated heterocycles. The van der Waals surface area contributed by atoms with Gasteiger partial charge < -0.3 is 9.80 Å². The number of likely N-dealkylation sites (N-methyl/N-ethyl adjacent to an activating group) is 2. The molecule has 100 valence electrons. The van der Waals surface area contributed by atoms with Gasteiger partial charge in [0.2, 0.25) is 0 Å². The molecule has 1 aromatic rings. The van der Waals surface area contributed by atoms with Gasteiger partial charge in [-0.25, -0.2) is 0 Å². The van der Waals surface area contributed by atoms with Crippen LogP contribution in [-0.4, -0.2) is 44.4 Å². The summed E-state index contributed by atoms with van der Waals surface area (Å²) in [5.74, 6) is 0. The summed E-state index contributed by atoms with van der Waals surface area (Å²) in [4.78, 5) is 15.3. The molecule has 0 saturated carbocycles. The molecule has 1 unspecified atom stereocenters. The highest BCUT2D eigenvalue weighted by Gasteiger charge is 2.16. The second-order valence-electron chi connectivity index (χ2n) is 4.73. The van der Waals surface area contributed by atoms with Crippen LogP contribution in [0.3, 0.4) is 0 Å². The van der Waals surface area contributed by atoms with Gasteiger partial charge in [0, 0.05) is 29.2 Å². The van der Waals surface area contributed by atoms with E-state index in [9.17, 15) is 4.79 Å². The summed E-state index contributed by atoms with van der Waals surface area (Å²) in [5.41, 5.74) is 1.83. The van der Waals surface area contributed by atoms with Gasteiger partial charge in [-0.2, -0.15) is 0 Å².